The Kier molecular flexibility index (Phi) is 4.87. The molecule has 1 aromatic rings. The molecule has 1 saturated carbocycles. The number of hydrogen-bond donors (Lipinski definition) is 0. The molecule has 4 rings (SSSR count). The number of anilines is 2. The molecule has 3 aliphatic rings. The first-order valence-corrected chi connectivity index (χ1v) is 9.79. The van der Waals surface area contributed by atoms with Crippen molar-refractivity contribution in [2.45, 2.75) is 44.8 Å². The molecule has 9 heteroatoms. The van der Waals surface area contributed by atoms with E-state index in [2.05, 4.69) is 9.97 Å². The average Bonchev–Trinajstić information content (AvgIpc) is 3.17. The topological polar surface area (TPSA) is 58.6 Å². The van der Waals surface area contributed by atoms with Gasteiger partial charge in [0.2, 0.25) is 5.95 Å². The number of aromatic nitrogens is 2. The van der Waals surface area contributed by atoms with Crippen LogP contribution in [0.5, 0.6) is 0 Å². The van der Waals surface area contributed by atoms with Crippen LogP contribution in [0.1, 0.15) is 38.3 Å². The van der Waals surface area contributed by atoms with Crippen LogP contribution in [0.2, 0.25) is 0 Å². The summed E-state index contributed by atoms with van der Waals surface area (Å²) in [6.07, 6.45) is -1.33. The van der Waals surface area contributed by atoms with Crippen molar-refractivity contribution in [2.75, 3.05) is 36.5 Å². The van der Waals surface area contributed by atoms with E-state index < -0.39 is 11.9 Å². The molecule has 28 heavy (non-hydrogen) atoms. The Morgan fingerprint density at radius 2 is 1.93 bits per heavy atom. The largest absolute Gasteiger partial charge is 0.469 e. The van der Waals surface area contributed by atoms with Gasteiger partial charge in [0.15, 0.2) is 5.69 Å². The minimum Gasteiger partial charge on any atom is -0.469 e. The third kappa shape index (κ3) is 3.63. The second-order valence-corrected chi connectivity index (χ2v) is 8.28. The predicted octanol–water partition coefficient (Wildman–Crippen LogP) is 3.12. The molecular weight excluding hydrogens is 373 g/mol. The number of alkyl halides is 3. The molecule has 1 aromatic heterocycles. The maximum absolute atomic E-state index is 13.4. The van der Waals surface area contributed by atoms with E-state index in [1.807, 2.05) is 16.7 Å². The smallest absolute Gasteiger partial charge is 0.433 e. The summed E-state index contributed by atoms with van der Waals surface area (Å²) in [4.78, 5) is 23.5. The number of methoxy groups -OCH3 is 1. The second-order valence-electron chi connectivity index (χ2n) is 8.28. The molecule has 3 heterocycles. The van der Waals surface area contributed by atoms with Gasteiger partial charge in [-0.1, -0.05) is 0 Å². The van der Waals surface area contributed by atoms with Crippen LogP contribution in [-0.4, -0.2) is 48.7 Å². The van der Waals surface area contributed by atoms with Crippen LogP contribution in [0.4, 0.5) is 24.9 Å². The van der Waals surface area contributed by atoms with Crippen molar-refractivity contribution in [1.29, 1.82) is 0 Å². The predicted molar refractivity (Wildman–Crippen MR) is 97.0 cm³/mol. The van der Waals surface area contributed by atoms with Crippen LogP contribution >= 0.6 is 0 Å². The maximum atomic E-state index is 13.4. The van der Waals surface area contributed by atoms with Gasteiger partial charge in [-0.15, -0.1) is 0 Å². The molecule has 3 unspecified atom stereocenters. The van der Waals surface area contributed by atoms with E-state index in [0.717, 1.165) is 25.3 Å². The summed E-state index contributed by atoms with van der Waals surface area (Å²) in [7, 11) is 1.39. The minimum absolute atomic E-state index is 0.161. The van der Waals surface area contributed by atoms with Gasteiger partial charge in [0.1, 0.15) is 5.82 Å². The van der Waals surface area contributed by atoms with Gasteiger partial charge in [-0.3, -0.25) is 4.79 Å². The normalized spacial score (nSPS) is 29.6. The van der Waals surface area contributed by atoms with Crippen molar-refractivity contribution in [2.24, 2.45) is 17.8 Å². The summed E-state index contributed by atoms with van der Waals surface area (Å²) in [6, 6.07) is 1.23. The van der Waals surface area contributed by atoms with E-state index >= 15 is 0 Å². The van der Waals surface area contributed by atoms with Gasteiger partial charge >= 0.3 is 12.1 Å². The van der Waals surface area contributed by atoms with Crippen LogP contribution in [0.15, 0.2) is 6.07 Å². The van der Waals surface area contributed by atoms with Crippen molar-refractivity contribution in [3.8, 4) is 0 Å². The van der Waals surface area contributed by atoms with Gasteiger partial charge in [0, 0.05) is 38.2 Å². The van der Waals surface area contributed by atoms with E-state index in [4.69, 9.17) is 4.74 Å². The summed E-state index contributed by atoms with van der Waals surface area (Å²) in [5, 5.41) is 0. The summed E-state index contributed by atoms with van der Waals surface area (Å²) in [5.74, 6) is 1.40. The van der Waals surface area contributed by atoms with Gasteiger partial charge in [0.25, 0.3) is 0 Å². The van der Waals surface area contributed by atoms with Crippen molar-refractivity contribution in [3.05, 3.63) is 11.8 Å². The Morgan fingerprint density at radius 3 is 2.43 bits per heavy atom. The Hall–Kier alpha value is -2.06. The molecule has 2 aliphatic heterocycles. The molecule has 0 amide bonds. The standard InChI is InChI=1S/C19H25F3N4O2/c1-11-3-4-26(11)18-23-15(19(20,21)22)8-16(24-18)25-9-13-5-12(6-14(13)10-25)7-17(27)28-2/h8,11-14H,3-7,9-10H2,1-2H3. The Bertz CT molecular complexity index is 743. The Balaban J connectivity index is 1.51. The fourth-order valence-corrected chi connectivity index (χ4v) is 4.77. The molecular formula is C19H25F3N4O2. The van der Waals surface area contributed by atoms with Crippen molar-refractivity contribution < 1.29 is 22.7 Å². The summed E-state index contributed by atoms with van der Waals surface area (Å²) in [6.45, 7) is 3.99. The molecule has 2 saturated heterocycles. The highest BCUT2D eigenvalue weighted by Gasteiger charge is 2.43. The molecule has 0 spiro atoms. The zero-order chi connectivity index (χ0) is 20.1. The van der Waals surface area contributed by atoms with E-state index in [9.17, 15) is 18.0 Å². The number of nitrogens with zero attached hydrogens (tertiary/aromatic N) is 4. The van der Waals surface area contributed by atoms with E-state index in [-0.39, 0.29) is 18.0 Å². The van der Waals surface area contributed by atoms with Crippen molar-refractivity contribution in [3.63, 3.8) is 0 Å². The maximum Gasteiger partial charge on any atom is 0.433 e. The third-order valence-electron chi connectivity index (χ3n) is 6.42. The van der Waals surface area contributed by atoms with Gasteiger partial charge in [0.05, 0.1) is 7.11 Å². The fraction of sp³-hybridized carbons (Fsp3) is 0.737. The first-order valence-electron chi connectivity index (χ1n) is 9.79. The van der Waals surface area contributed by atoms with E-state index in [0.29, 0.717) is 49.6 Å². The molecule has 1 aliphatic carbocycles. The number of carbonyl (C=O) groups excluding carboxylic acids is 1. The van der Waals surface area contributed by atoms with Crippen LogP contribution in [0, 0.1) is 17.8 Å². The number of carbonyl (C=O) groups is 1. The first kappa shape index (κ1) is 19.3. The monoisotopic (exact) mass is 398 g/mol. The van der Waals surface area contributed by atoms with Crippen LogP contribution < -0.4 is 9.80 Å². The molecule has 0 bridgehead atoms. The quantitative estimate of drug-likeness (QED) is 0.727. The van der Waals surface area contributed by atoms with Crippen molar-refractivity contribution >= 4 is 17.7 Å². The van der Waals surface area contributed by atoms with Gasteiger partial charge < -0.3 is 14.5 Å². The lowest BCUT2D eigenvalue weighted by atomic mass is 10.0. The van der Waals surface area contributed by atoms with Gasteiger partial charge in [-0.05, 0) is 43.9 Å². The van der Waals surface area contributed by atoms with E-state index in [1.165, 1.54) is 7.11 Å². The molecule has 0 aromatic carbocycles. The Labute approximate surface area is 162 Å². The van der Waals surface area contributed by atoms with Crippen LogP contribution in [-0.2, 0) is 15.7 Å². The highest BCUT2D eigenvalue weighted by atomic mass is 19.4. The molecule has 3 atom stereocenters. The highest BCUT2D eigenvalue weighted by molar-refractivity contribution is 5.69. The number of rotatable bonds is 4. The lowest BCUT2D eigenvalue weighted by molar-refractivity contribution is -0.142. The van der Waals surface area contributed by atoms with Crippen LogP contribution in [0.25, 0.3) is 0 Å². The minimum atomic E-state index is -4.50. The van der Waals surface area contributed by atoms with E-state index in [1.54, 1.807) is 0 Å². The third-order valence-corrected chi connectivity index (χ3v) is 6.42. The Morgan fingerprint density at radius 1 is 1.25 bits per heavy atom. The van der Waals surface area contributed by atoms with Gasteiger partial charge in [-0.2, -0.15) is 18.2 Å². The molecule has 3 fully saturated rings. The zero-order valence-electron chi connectivity index (χ0n) is 16.1. The number of ether oxygens (including phenoxy) is 1. The average molecular weight is 398 g/mol. The van der Waals surface area contributed by atoms with Crippen LogP contribution in [0.3, 0.4) is 0 Å². The molecule has 0 radical (unpaired) electrons. The lowest BCUT2D eigenvalue weighted by Crippen LogP contribution is -2.47. The highest BCUT2D eigenvalue weighted by Crippen LogP contribution is 2.44. The second kappa shape index (κ2) is 7.08. The molecule has 0 N–H and O–H groups in total. The number of fused-ring (bicyclic) bond motifs is 1. The summed E-state index contributed by atoms with van der Waals surface area (Å²) < 4.78 is 44.9. The fourth-order valence-electron chi connectivity index (χ4n) is 4.77. The molecule has 6 nitrogen and oxygen atoms in total. The summed E-state index contributed by atoms with van der Waals surface area (Å²) >= 11 is 0. The zero-order valence-corrected chi connectivity index (χ0v) is 16.1. The number of esters is 1. The van der Waals surface area contributed by atoms with Crippen molar-refractivity contribution in [1.82, 2.24) is 9.97 Å². The first-order chi connectivity index (χ1) is 13.2. The van der Waals surface area contributed by atoms with Gasteiger partial charge in [-0.25, -0.2) is 4.98 Å². The molecule has 154 valence electrons. The lowest BCUT2D eigenvalue weighted by Gasteiger charge is -2.39. The SMILES string of the molecule is COC(=O)CC1CC2CN(c3cc(C(F)(F)F)nc(N4CCC4C)n3)CC2C1. The summed E-state index contributed by atoms with van der Waals surface area (Å²) in [5.41, 5.74) is -0.882. The number of halogens is 3. The number of hydrogen-bond acceptors (Lipinski definition) is 6.